The Bertz CT molecular complexity index is 569. The number of rotatable bonds is 6. The monoisotopic (exact) mass is 309 g/mol. The predicted molar refractivity (Wildman–Crippen MR) is 84.4 cm³/mol. The fraction of sp³-hybridized carbons (Fsp3) is 0.429. The number of benzene rings is 1. The second-order valence-corrected chi connectivity index (χ2v) is 6.46. The summed E-state index contributed by atoms with van der Waals surface area (Å²) < 4.78 is 10.9. The summed E-state index contributed by atoms with van der Waals surface area (Å²) in [4.78, 5) is 4.36. The molecule has 6 heteroatoms. The van der Waals surface area contributed by atoms with Crippen LogP contribution in [0, 0.1) is 6.92 Å². The van der Waals surface area contributed by atoms with Crippen LogP contribution in [-0.2, 0) is 5.75 Å². The van der Waals surface area contributed by atoms with Crippen LogP contribution in [0.2, 0.25) is 0 Å². The molecule has 1 unspecified atom stereocenters. The van der Waals surface area contributed by atoms with Gasteiger partial charge in [0.1, 0.15) is 11.6 Å². The maximum absolute atomic E-state index is 5.95. The molecule has 1 aromatic carbocycles. The van der Waals surface area contributed by atoms with Gasteiger partial charge in [-0.1, -0.05) is 17.8 Å². The van der Waals surface area contributed by atoms with Gasteiger partial charge in [0.2, 0.25) is 0 Å². The Balaban J connectivity index is 2.16. The van der Waals surface area contributed by atoms with Gasteiger partial charge in [0.05, 0.1) is 6.61 Å². The highest BCUT2D eigenvalue weighted by Gasteiger charge is 2.09. The molecule has 1 aromatic heterocycles. The number of nitrogens with zero attached hydrogens (tertiary/aromatic N) is 2. The molecule has 0 spiro atoms. The molecule has 0 fully saturated rings. The molecular weight excluding hydrogens is 290 g/mol. The van der Waals surface area contributed by atoms with Crippen LogP contribution in [0.25, 0.3) is 0 Å². The minimum atomic E-state index is 0.0261. The Morgan fingerprint density at radius 2 is 2.25 bits per heavy atom. The van der Waals surface area contributed by atoms with Gasteiger partial charge in [-0.15, -0.1) is 0 Å². The molecule has 108 valence electrons. The van der Waals surface area contributed by atoms with Crippen LogP contribution in [0.1, 0.15) is 36.8 Å². The number of aryl methyl sites for hydroxylation is 1. The standard InChI is InChI=1S/C14H19N3OS2/c1-4-18-13-6-5-11(9(2)15)7-12(13)8-19-14-16-10(3)17-20-14/h5-7,9H,4,8,15H2,1-3H3. The van der Waals surface area contributed by atoms with Gasteiger partial charge in [0.25, 0.3) is 0 Å². The summed E-state index contributed by atoms with van der Waals surface area (Å²) in [6.07, 6.45) is 0. The lowest BCUT2D eigenvalue weighted by Gasteiger charge is -2.13. The van der Waals surface area contributed by atoms with Crippen molar-refractivity contribution < 1.29 is 4.74 Å². The van der Waals surface area contributed by atoms with Crippen LogP contribution < -0.4 is 10.5 Å². The first-order valence-corrected chi connectivity index (χ1v) is 8.30. The molecule has 2 aromatic rings. The molecular formula is C14H19N3OS2. The number of thioether (sulfide) groups is 1. The van der Waals surface area contributed by atoms with Crippen molar-refractivity contribution >= 4 is 23.3 Å². The number of hydrogen-bond donors (Lipinski definition) is 1. The average molecular weight is 309 g/mol. The highest BCUT2D eigenvalue weighted by molar-refractivity contribution is 8.00. The topological polar surface area (TPSA) is 61.0 Å². The lowest BCUT2D eigenvalue weighted by molar-refractivity contribution is 0.337. The van der Waals surface area contributed by atoms with E-state index in [2.05, 4.69) is 15.4 Å². The number of nitrogens with two attached hydrogens (primary N) is 1. The van der Waals surface area contributed by atoms with E-state index in [0.29, 0.717) is 6.61 Å². The largest absolute Gasteiger partial charge is 0.494 e. The van der Waals surface area contributed by atoms with Crippen LogP contribution in [-0.4, -0.2) is 16.0 Å². The van der Waals surface area contributed by atoms with E-state index in [9.17, 15) is 0 Å². The van der Waals surface area contributed by atoms with Crippen LogP contribution in [0.4, 0.5) is 0 Å². The summed E-state index contributed by atoms with van der Waals surface area (Å²) in [6, 6.07) is 6.18. The lowest BCUT2D eigenvalue weighted by Crippen LogP contribution is -2.06. The van der Waals surface area contributed by atoms with Gasteiger partial charge in [-0.25, -0.2) is 4.98 Å². The molecule has 2 N–H and O–H groups in total. The number of ether oxygens (including phenoxy) is 1. The lowest BCUT2D eigenvalue weighted by atomic mass is 10.1. The maximum atomic E-state index is 5.95. The third kappa shape index (κ3) is 3.94. The summed E-state index contributed by atoms with van der Waals surface area (Å²) in [5.41, 5.74) is 8.22. The Kier molecular flexibility index (Phi) is 5.39. The van der Waals surface area contributed by atoms with E-state index in [4.69, 9.17) is 10.5 Å². The van der Waals surface area contributed by atoms with Crippen molar-refractivity contribution in [3.8, 4) is 5.75 Å². The number of hydrogen-bond acceptors (Lipinski definition) is 6. The predicted octanol–water partition coefficient (Wildman–Crippen LogP) is 3.56. The zero-order valence-corrected chi connectivity index (χ0v) is 13.6. The maximum Gasteiger partial charge on any atom is 0.170 e. The third-order valence-corrected chi connectivity index (χ3v) is 4.74. The SMILES string of the molecule is CCOc1ccc(C(C)N)cc1CSc1nc(C)ns1. The molecule has 4 nitrogen and oxygen atoms in total. The summed E-state index contributed by atoms with van der Waals surface area (Å²) >= 11 is 3.11. The first-order valence-electron chi connectivity index (χ1n) is 6.54. The van der Waals surface area contributed by atoms with E-state index in [0.717, 1.165) is 32.8 Å². The molecule has 0 saturated carbocycles. The second-order valence-electron chi connectivity index (χ2n) is 4.49. The summed E-state index contributed by atoms with van der Waals surface area (Å²) in [6.45, 7) is 6.54. The molecule has 0 bridgehead atoms. The van der Waals surface area contributed by atoms with Crippen molar-refractivity contribution in [3.63, 3.8) is 0 Å². The minimum Gasteiger partial charge on any atom is -0.494 e. The first kappa shape index (κ1) is 15.3. The van der Waals surface area contributed by atoms with Gasteiger partial charge >= 0.3 is 0 Å². The zero-order chi connectivity index (χ0) is 14.5. The van der Waals surface area contributed by atoms with Crippen molar-refractivity contribution in [2.24, 2.45) is 5.73 Å². The summed E-state index contributed by atoms with van der Waals surface area (Å²) in [7, 11) is 0. The second kappa shape index (κ2) is 7.06. The highest BCUT2D eigenvalue weighted by Crippen LogP contribution is 2.30. The van der Waals surface area contributed by atoms with Gasteiger partial charge in [-0.2, -0.15) is 4.37 Å². The van der Waals surface area contributed by atoms with Gasteiger partial charge in [-0.05, 0) is 50.0 Å². The fourth-order valence-electron chi connectivity index (χ4n) is 1.77. The Morgan fingerprint density at radius 1 is 1.45 bits per heavy atom. The van der Waals surface area contributed by atoms with Crippen LogP contribution in [0.15, 0.2) is 22.5 Å². The first-order chi connectivity index (χ1) is 9.60. The van der Waals surface area contributed by atoms with Crippen molar-refractivity contribution in [1.82, 2.24) is 9.36 Å². The molecule has 0 aliphatic rings. The van der Waals surface area contributed by atoms with Gasteiger partial charge in [0.15, 0.2) is 4.34 Å². The molecule has 0 aliphatic heterocycles. The minimum absolute atomic E-state index is 0.0261. The smallest absolute Gasteiger partial charge is 0.170 e. The Labute approximate surface area is 127 Å². The Morgan fingerprint density at radius 3 is 2.85 bits per heavy atom. The molecule has 1 atom stereocenters. The molecule has 0 radical (unpaired) electrons. The molecule has 0 aliphatic carbocycles. The quantitative estimate of drug-likeness (QED) is 0.827. The van der Waals surface area contributed by atoms with Gasteiger partial charge in [-0.3, -0.25) is 0 Å². The summed E-state index contributed by atoms with van der Waals surface area (Å²) in [5, 5.41) is 0. The zero-order valence-electron chi connectivity index (χ0n) is 11.9. The third-order valence-electron chi connectivity index (χ3n) is 2.77. The van der Waals surface area contributed by atoms with E-state index in [-0.39, 0.29) is 6.04 Å². The van der Waals surface area contributed by atoms with Crippen molar-refractivity contribution in [2.45, 2.75) is 36.9 Å². The van der Waals surface area contributed by atoms with Crippen molar-refractivity contribution in [1.29, 1.82) is 0 Å². The molecule has 0 amide bonds. The average Bonchev–Trinajstić information content (AvgIpc) is 2.83. The van der Waals surface area contributed by atoms with E-state index < -0.39 is 0 Å². The molecule has 0 saturated heterocycles. The normalized spacial score (nSPS) is 12.4. The van der Waals surface area contributed by atoms with Crippen LogP contribution in [0.5, 0.6) is 5.75 Å². The van der Waals surface area contributed by atoms with Gasteiger partial charge < -0.3 is 10.5 Å². The van der Waals surface area contributed by atoms with E-state index in [1.54, 1.807) is 11.8 Å². The van der Waals surface area contributed by atoms with E-state index >= 15 is 0 Å². The van der Waals surface area contributed by atoms with Crippen molar-refractivity contribution in [2.75, 3.05) is 6.61 Å². The highest BCUT2D eigenvalue weighted by atomic mass is 32.2. The van der Waals surface area contributed by atoms with Crippen LogP contribution >= 0.6 is 23.3 Å². The van der Waals surface area contributed by atoms with E-state index in [1.807, 2.05) is 32.9 Å². The van der Waals surface area contributed by atoms with E-state index in [1.165, 1.54) is 11.5 Å². The Hall–Kier alpha value is -1.11. The molecule has 1 heterocycles. The fourth-order valence-corrected chi connectivity index (χ4v) is 3.39. The molecule has 2 rings (SSSR count). The summed E-state index contributed by atoms with van der Waals surface area (Å²) in [5.74, 6) is 2.56. The van der Waals surface area contributed by atoms with Gasteiger partial charge in [0, 0.05) is 17.4 Å². The van der Waals surface area contributed by atoms with Crippen LogP contribution in [0.3, 0.4) is 0 Å². The number of aromatic nitrogens is 2. The van der Waals surface area contributed by atoms with Crippen molar-refractivity contribution in [3.05, 3.63) is 35.2 Å². The molecule has 20 heavy (non-hydrogen) atoms.